The molecule has 0 radical (unpaired) electrons. The molecule has 1 aliphatic heterocycles. The molecule has 1 saturated carbocycles. The molecule has 57 heavy (non-hydrogen) atoms. The highest BCUT2D eigenvalue weighted by Gasteiger charge is 2.36. The zero-order valence-electron chi connectivity index (χ0n) is 32.1. The van der Waals surface area contributed by atoms with E-state index < -0.39 is 47.2 Å². The summed E-state index contributed by atoms with van der Waals surface area (Å²) >= 11 is 12.8. The predicted octanol–water partition coefficient (Wildman–Crippen LogP) is 5.46. The smallest absolute Gasteiger partial charge is 0.387 e. The molecular weight excluding hydrogens is 813 g/mol. The predicted molar refractivity (Wildman–Crippen MR) is 208 cm³/mol. The van der Waals surface area contributed by atoms with Crippen LogP contribution < -0.4 is 23.2 Å². The van der Waals surface area contributed by atoms with Gasteiger partial charge in [0.2, 0.25) is 10.9 Å². The Morgan fingerprint density at radius 3 is 2.23 bits per heavy atom. The van der Waals surface area contributed by atoms with Crippen molar-refractivity contribution in [3.8, 4) is 17.2 Å². The first-order valence-corrected chi connectivity index (χ1v) is 20.1. The summed E-state index contributed by atoms with van der Waals surface area (Å²) in [6.07, 6.45) is 2.62. The first-order chi connectivity index (χ1) is 26.9. The highest BCUT2D eigenvalue weighted by atomic mass is 35.5. The van der Waals surface area contributed by atoms with E-state index in [1.807, 2.05) is 11.9 Å². The topological polar surface area (TPSA) is 151 Å². The molecule has 5 rings (SSSR count). The Labute approximate surface area is 341 Å². The maximum absolute atomic E-state index is 14.1. The number of piperazine rings is 1. The number of hydrogen-bond acceptors (Lipinski definition) is 12. The summed E-state index contributed by atoms with van der Waals surface area (Å²) in [7, 11) is -0.128. The van der Waals surface area contributed by atoms with Gasteiger partial charge in [-0.2, -0.15) is 13.5 Å². The van der Waals surface area contributed by atoms with Gasteiger partial charge in [-0.1, -0.05) is 29.3 Å². The quantitative estimate of drug-likeness (QED) is 0.0796. The van der Waals surface area contributed by atoms with Crippen molar-refractivity contribution in [2.75, 3.05) is 57.8 Å². The first kappa shape index (κ1) is 44.0. The molecule has 14 nitrogen and oxygen atoms in total. The number of alkyl halides is 2. The molecule has 19 heteroatoms. The van der Waals surface area contributed by atoms with Crippen molar-refractivity contribution in [1.82, 2.24) is 9.80 Å². The maximum Gasteiger partial charge on any atom is 0.387 e. The number of hydrogen-bond donors (Lipinski definition) is 1. The standard InChI is InChI=1S/C38H46Cl2F2N4O10S/c1-38(2,3)56-36(48)30(44-14-12-43(4)13-15-44)21-46(57(50)51)29-16-25(9-10-31(29)52-5)35(47)54-33(18-26-27(39)19-45(49)20-28(26)40)24-8-11-32(55-37(41)42)34(17-24)53-22-23-6-7-23/h8-11,16-17,19-20,23,30,33,37,57H,6-7,12-15,18,21-22H2,1-5H3. The molecular formula is C38H46Cl2F2N4O10S. The van der Waals surface area contributed by atoms with Crippen molar-refractivity contribution in [1.29, 1.82) is 0 Å². The fourth-order valence-corrected chi connectivity index (χ4v) is 7.36. The van der Waals surface area contributed by atoms with Gasteiger partial charge in [-0.25, -0.2) is 13.2 Å². The van der Waals surface area contributed by atoms with Gasteiger partial charge < -0.3 is 33.8 Å². The Kier molecular flexibility index (Phi) is 14.7. The minimum absolute atomic E-state index is 0.00933. The monoisotopic (exact) mass is 858 g/mol. The van der Waals surface area contributed by atoms with Crippen LogP contribution in [0.25, 0.3) is 0 Å². The van der Waals surface area contributed by atoms with E-state index in [4.69, 9.17) is 46.9 Å². The number of pyridine rings is 1. The van der Waals surface area contributed by atoms with E-state index in [1.54, 1.807) is 20.8 Å². The Hall–Kier alpha value is -4.16. The first-order valence-electron chi connectivity index (χ1n) is 18.2. The second kappa shape index (κ2) is 19.1. The largest absolute Gasteiger partial charge is 0.619 e. The van der Waals surface area contributed by atoms with Crippen molar-refractivity contribution in [3.05, 3.63) is 80.7 Å². The van der Waals surface area contributed by atoms with Gasteiger partial charge in [0.25, 0.3) is 0 Å². The van der Waals surface area contributed by atoms with Crippen LogP contribution in [0.15, 0.2) is 48.8 Å². The van der Waals surface area contributed by atoms with E-state index in [9.17, 15) is 32.0 Å². The van der Waals surface area contributed by atoms with Crippen molar-refractivity contribution in [2.24, 2.45) is 5.92 Å². The fraction of sp³-hybridized carbons (Fsp3) is 0.500. The highest BCUT2D eigenvalue weighted by molar-refractivity contribution is 7.74. The third kappa shape index (κ3) is 12.2. The maximum atomic E-state index is 14.1. The third-order valence-corrected chi connectivity index (χ3v) is 10.7. The number of aromatic nitrogens is 1. The van der Waals surface area contributed by atoms with Crippen molar-refractivity contribution in [2.45, 2.75) is 64.4 Å². The molecule has 2 heterocycles. The molecule has 0 spiro atoms. The lowest BCUT2D eigenvalue weighted by atomic mass is 10.0. The molecule has 0 amide bonds. The van der Waals surface area contributed by atoms with E-state index in [2.05, 4.69) is 4.90 Å². The van der Waals surface area contributed by atoms with E-state index in [0.29, 0.717) is 30.9 Å². The van der Waals surface area contributed by atoms with Crippen LogP contribution in [0.5, 0.6) is 17.2 Å². The molecule has 0 N–H and O–H groups in total. The SMILES string of the molecule is COc1ccc(C(=O)OC(Cc2c(Cl)c[n+]([O-])cc2Cl)c2ccc(OC(F)F)c(OCC3CC3)c2)cc1N(CC(C(=O)OC(C)(C)C)N1CCN(C)CC1)[SH](=O)=O. The summed E-state index contributed by atoms with van der Waals surface area (Å²) in [6, 6.07) is 7.12. The molecule has 2 fully saturated rings. The number of carbonyl (C=O) groups excluding carboxylic acids is 2. The second-order valence-electron chi connectivity index (χ2n) is 14.8. The third-order valence-electron chi connectivity index (χ3n) is 9.32. The Balaban J connectivity index is 1.51. The van der Waals surface area contributed by atoms with E-state index in [0.717, 1.165) is 29.5 Å². The second-order valence-corrected chi connectivity index (χ2v) is 16.6. The van der Waals surface area contributed by atoms with E-state index in [-0.39, 0.29) is 75.2 Å². The molecule has 312 valence electrons. The lowest BCUT2D eigenvalue weighted by Gasteiger charge is -2.39. The summed E-state index contributed by atoms with van der Waals surface area (Å²) in [4.78, 5) is 31.6. The minimum Gasteiger partial charge on any atom is -0.619 e. The van der Waals surface area contributed by atoms with Crippen LogP contribution in [0.3, 0.4) is 0 Å². The molecule has 2 atom stereocenters. The lowest BCUT2D eigenvalue weighted by Crippen LogP contribution is -2.56. The van der Waals surface area contributed by atoms with Gasteiger partial charge in [0.05, 0.1) is 31.5 Å². The van der Waals surface area contributed by atoms with Crippen LogP contribution in [-0.2, 0) is 31.6 Å². The summed E-state index contributed by atoms with van der Waals surface area (Å²) in [5.74, 6) is -1.43. The summed E-state index contributed by atoms with van der Waals surface area (Å²) in [5, 5.41) is 12.0. The van der Waals surface area contributed by atoms with Crippen molar-refractivity contribution in [3.63, 3.8) is 0 Å². The van der Waals surface area contributed by atoms with Crippen LogP contribution in [-0.4, -0.2) is 102 Å². The fourth-order valence-electron chi connectivity index (χ4n) is 6.14. The average molecular weight is 860 g/mol. The number of esters is 2. The Morgan fingerprint density at radius 1 is 1.00 bits per heavy atom. The number of nitrogens with zero attached hydrogens (tertiary/aromatic N) is 4. The highest BCUT2D eigenvalue weighted by Crippen LogP contribution is 2.39. The number of likely N-dealkylation sites (N-methyl/N-ethyl adjacent to an activating group) is 1. The summed E-state index contributed by atoms with van der Waals surface area (Å²) in [6.45, 7) is 4.15. The van der Waals surface area contributed by atoms with Gasteiger partial charge >= 0.3 is 18.6 Å². The molecule has 2 aliphatic rings. The van der Waals surface area contributed by atoms with Gasteiger partial charge in [0.15, 0.2) is 23.9 Å². The molecule has 0 bridgehead atoms. The lowest BCUT2D eigenvalue weighted by molar-refractivity contribution is -0.605. The van der Waals surface area contributed by atoms with E-state index >= 15 is 0 Å². The van der Waals surface area contributed by atoms with Gasteiger partial charge in [-0.3, -0.25) is 14.0 Å². The average Bonchev–Trinajstić information content (AvgIpc) is 3.96. The minimum atomic E-state index is -3.41. The van der Waals surface area contributed by atoms with Gasteiger partial charge in [-0.15, -0.1) is 0 Å². The number of rotatable bonds is 17. The number of anilines is 1. The molecule has 1 aromatic heterocycles. The summed E-state index contributed by atoms with van der Waals surface area (Å²) < 4.78 is 81.9. The van der Waals surface area contributed by atoms with Crippen molar-refractivity contribution < 1.29 is 55.2 Å². The number of ether oxygens (including phenoxy) is 5. The zero-order valence-corrected chi connectivity index (χ0v) is 34.5. The molecule has 1 saturated heterocycles. The summed E-state index contributed by atoms with van der Waals surface area (Å²) in [5.41, 5.74) is -0.460. The Morgan fingerprint density at radius 2 is 1.65 bits per heavy atom. The number of halogens is 4. The number of thiol groups is 1. The van der Waals surface area contributed by atoms with E-state index in [1.165, 1.54) is 43.5 Å². The zero-order chi connectivity index (χ0) is 41.6. The van der Waals surface area contributed by atoms with Crippen LogP contribution in [0, 0.1) is 11.1 Å². The van der Waals surface area contributed by atoms with Gasteiger partial charge in [0.1, 0.15) is 33.5 Å². The normalized spacial score (nSPS) is 16.3. The van der Waals surface area contributed by atoms with Crippen LogP contribution in [0.1, 0.15) is 61.2 Å². The molecule has 2 unspecified atom stereocenters. The number of carbonyl (C=O) groups is 2. The van der Waals surface area contributed by atoms with Crippen molar-refractivity contribution >= 4 is 51.7 Å². The molecule has 3 aromatic rings. The van der Waals surface area contributed by atoms with Crippen LogP contribution in [0.4, 0.5) is 14.5 Å². The molecule has 1 aliphatic carbocycles. The molecule has 2 aromatic carbocycles. The number of methoxy groups -OCH3 is 1. The van der Waals surface area contributed by atoms with Gasteiger partial charge in [0, 0.05) is 38.2 Å². The van der Waals surface area contributed by atoms with Crippen LogP contribution in [0.2, 0.25) is 10.0 Å². The number of benzene rings is 2. The Bertz CT molecular complexity index is 1960. The van der Waals surface area contributed by atoms with Crippen LogP contribution >= 0.6 is 23.2 Å². The van der Waals surface area contributed by atoms with Gasteiger partial charge in [-0.05, 0) is 82.5 Å².